The third-order valence-electron chi connectivity index (χ3n) is 4.85. The smallest absolute Gasteiger partial charge is 0.0170 e. The van der Waals surface area contributed by atoms with Gasteiger partial charge in [-0.05, 0) is 30.6 Å². The minimum Gasteiger partial charge on any atom is -0.327 e. The van der Waals surface area contributed by atoms with Crippen LogP contribution in [0.3, 0.4) is 0 Å². The number of hydrogen-bond acceptors (Lipinski definition) is 2. The van der Waals surface area contributed by atoms with Crippen LogP contribution in [0.2, 0.25) is 0 Å². The monoisotopic (exact) mass is 224 g/mol. The van der Waals surface area contributed by atoms with Gasteiger partial charge in [0, 0.05) is 25.2 Å². The Morgan fingerprint density at radius 1 is 1.06 bits per heavy atom. The van der Waals surface area contributed by atoms with Crippen molar-refractivity contribution < 1.29 is 0 Å². The molecule has 1 aliphatic carbocycles. The molecule has 1 saturated carbocycles. The fourth-order valence-electron chi connectivity index (χ4n) is 3.78. The van der Waals surface area contributed by atoms with Crippen LogP contribution >= 0.6 is 0 Å². The summed E-state index contributed by atoms with van der Waals surface area (Å²) in [5, 5.41) is 0. The minimum absolute atomic E-state index is 0.410. The highest BCUT2D eigenvalue weighted by Crippen LogP contribution is 2.34. The lowest BCUT2D eigenvalue weighted by molar-refractivity contribution is 0.0425. The summed E-state index contributed by atoms with van der Waals surface area (Å²) >= 11 is 0. The van der Waals surface area contributed by atoms with Gasteiger partial charge in [-0.15, -0.1) is 0 Å². The predicted molar refractivity (Wildman–Crippen MR) is 69.3 cm³/mol. The van der Waals surface area contributed by atoms with Crippen LogP contribution in [0.5, 0.6) is 0 Å². The lowest BCUT2D eigenvalue weighted by atomic mass is 9.76. The molecule has 94 valence electrons. The molecular weight excluding hydrogens is 196 g/mol. The van der Waals surface area contributed by atoms with Crippen LogP contribution in [0.1, 0.15) is 46.5 Å². The summed E-state index contributed by atoms with van der Waals surface area (Å²) in [6.45, 7) is 9.62. The van der Waals surface area contributed by atoms with Crippen molar-refractivity contribution in [1.82, 2.24) is 4.90 Å². The third kappa shape index (κ3) is 2.60. The number of nitrogens with zero attached hydrogens (tertiary/aromatic N) is 1. The Bertz CT molecular complexity index is 219. The Morgan fingerprint density at radius 2 is 1.81 bits per heavy atom. The molecule has 0 aromatic rings. The first-order chi connectivity index (χ1) is 7.58. The molecule has 1 heterocycles. The second-order valence-corrected chi connectivity index (χ2v) is 6.39. The molecule has 16 heavy (non-hydrogen) atoms. The molecule has 2 fully saturated rings. The molecule has 5 unspecified atom stereocenters. The van der Waals surface area contributed by atoms with Crippen molar-refractivity contribution >= 4 is 0 Å². The standard InChI is InChI=1S/C14H28N2/c1-10-7-13(15)9-16(8-10)14-6-4-5-11(2)12(14)3/h10-14H,4-9,15H2,1-3H3. The van der Waals surface area contributed by atoms with E-state index in [1.807, 2.05) is 0 Å². The average Bonchev–Trinajstić information content (AvgIpc) is 2.20. The predicted octanol–water partition coefficient (Wildman–Crippen LogP) is 2.48. The van der Waals surface area contributed by atoms with Crippen molar-refractivity contribution in [2.24, 2.45) is 23.5 Å². The molecule has 2 nitrogen and oxygen atoms in total. The summed E-state index contributed by atoms with van der Waals surface area (Å²) in [7, 11) is 0. The van der Waals surface area contributed by atoms with Gasteiger partial charge in [0.1, 0.15) is 0 Å². The van der Waals surface area contributed by atoms with Crippen molar-refractivity contribution in [2.75, 3.05) is 13.1 Å². The van der Waals surface area contributed by atoms with Gasteiger partial charge in [0.05, 0.1) is 0 Å². The zero-order chi connectivity index (χ0) is 11.7. The molecule has 2 rings (SSSR count). The maximum atomic E-state index is 6.16. The van der Waals surface area contributed by atoms with Crippen LogP contribution in [-0.4, -0.2) is 30.1 Å². The SMILES string of the molecule is CC1CC(N)CN(C2CCCC(C)C2C)C1. The third-order valence-corrected chi connectivity index (χ3v) is 4.85. The quantitative estimate of drug-likeness (QED) is 0.741. The number of likely N-dealkylation sites (tertiary alicyclic amines) is 1. The van der Waals surface area contributed by atoms with E-state index >= 15 is 0 Å². The highest BCUT2D eigenvalue weighted by molar-refractivity contribution is 4.89. The van der Waals surface area contributed by atoms with Gasteiger partial charge in [-0.2, -0.15) is 0 Å². The van der Waals surface area contributed by atoms with Gasteiger partial charge >= 0.3 is 0 Å². The molecule has 0 spiro atoms. The average molecular weight is 224 g/mol. The molecule has 2 aliphatic rings. The molecule has 2 N–H and O–H groups in total. The number of rotatable bonds is 1. The lowest BCUT2D eigenvalue weighted by Crippen LogP contribution is -2.53. The Balaban J connectivity index is 1.99. The summed E-state index contributed by atoms with van der Waals surface area (Å²) in [6.07, 6.45) is 5.45. The lowest BCUT2D eigenvalue weighted by Gasteiger charge is -2.46. The normalized spacial score (nSPS) is 46.9. The maximum absolute atomic E-state index is 6.16. The van der Waals surface area contributed by atoms with Gasteiger partial charge < -0.3 is 5.73 Å². The van der Waals surface area contributed by atoms with Crippen molar-refractivity contribution in [3.8, 4) is 0 Å². The van der Waals surface area contributed by atoms with E-state index in [2.05, 4.69) is 25.7 Å². The van der Waals surface area contributed by atoms with Crippen LogP contribution in [0, 0.1) is 17.8 Å². The van der Waals surface area contributed by atoms with Gasteiger partial charge in [0.15, 0.2) is 0 Å². The second kappa shape index (κ2) is 5.05. The molecule has 0 radical (unpaired) electrons. The Kier molecular flexibility index (Phi) is 3.91. The van der Waals surface area contributed by atoms with E-state index in [1.54, 1.807) is 0 Å². The zero-order valence-electron chi connectivity index (χ0n) is 11.2. The molecule has 1 aliphatic heterocycles. The zero-order valence-corrected chi connectivity index (χ0v) is 11.2. The first-order valence-corrected chi connectivity index (χ1v) is 7.07. The maximum Gasteiger partial charge on any atom is 0.0170 e. The highest BCUT2D eigenvalue weighted by atomic mass is 15.2. The van der Waals surface area contributed by atoms with E-state index in [4.69, 9.17) is 5.73 Å². The molecule has 0 aromatic carbocycles. The summed E-state index contributed by atoms with van der Waals surface area (Å²) in [5.74, 6) is 2.53. The topological polar surface area (TPSA) is 29.3 Å². The molecule has 0 aromatic heterocycles. The molecule has 5 atom stereocenters. The molecule has 2 heteroatoms. The van der Waals surface area contributed by atoms with Gasteiger partial charge in [-0.25, -0.2) is 0 Å². The molecule has 1 saturated heterocycles. The number of hydrogen-bond donors (Lipinski definition) is 1. The van der Waals surface area contributed by atoms with Crippen molar-refractivity contribution in [1.29, 1.82) is 0 Å². The van der Waals surface area contributed by atoms with E-state index in [0.717, 1.165) is 30.3 Å². The van der Waals surface area contributed by atoms with Crippen LogP contribution in [0.15, 0.2) is 0 Å². The summed E-state index contributed by atoms with van der Waals surface area (Å²) in [5.41, 5.74) is 6.16. The fraction of sp³-hybridized carbons (Fsp3) is 1.00. The number of piperidine rings is 1. The molecule has 0 amide bonds. The molecule has 0 bridgehead atoms. The minimum atomic E-state index is 0.410. The first-order valence-electron chi connectivity index (χ1n) is 7.07. The fourth-order valence-corrected chi connectivity index (χ4v) is 3.78. The van der Waals surface area contributed by atoms with E-state index in [-0.39, 0.29) is 0 Å². The summed E-state index contributed by atoms with van der Waals surface area (Å²) < 4.78 is 0. The van der Waals surface area contributed by atoms with E-state index in [1.165, 1.54) is 32.2 Å². The Labute approximate surface area is 101 Å². The van der Waals surface area contributed by atoms with E-state index < -0.39 is 0 Å². The van der Waals surface area contributed by atoms with Gasteiger partial charge in [-0.3, -0.25) is 4.90 Å². The van der Waals surface area contributed by atoms with Crippen LogP contribution < -0.4 is 5.73 Å². The van der Waals surface area contributed by atoms with Crippen LogP contribution in [-0.2, 0) is 0 Å². The first kappa shape index (κ1) is 12.4. The Morgan fingerprint density at radius 3 is 2.50 bits per heavy atom. The highest BCUT2D eigenvalue weighted by Gasteiger charge is 2.34. The van der Waals surface area contributed by atoms with Crippen molar-refractivity contribution in [3.63, 3.8) is 0 Å². The van der Waals surface area contributed by atoms with E-state index in [0.29, 0.717) is 6.04 Å². The van der Waals surface area contributed by atoms with Crippen molar-refractivity contribution in [2.45, 2.75) is 58.5 Å². The van der Waals surface area contributed by atoms with Crippen molar-refractivity contribution in [3.05, 3.63) is 0 Å². The summed E-state index contributed by atoms with van der Waals surface area (Å²) in [6, 6.07) is 1.21. The molecular formula is C14H28N2. The van der Waals surface area contributed by atoms with Gasteiger partial charge in [-0.1, -0.05) is 33.6 Å². The number of nitrogens with two attached hydrogens (primary N) is 1. The summed E-state index contributed by atoms with van der Waals surface area (Å²) in [4.78, 5) is 2.69. The van der Waals surface area contributed by atoms with Gasteiger partial charge in [0.2, 0.25) is 0 Å². The van der Waals surface area contributed by atoms with Gasteiger partial charge in [0.25, 0.3) is 0 Å². The van der Waals surface area contributed by atoms with Crippen LogP contribution in [0.4, 0.5) is 0 Å². The largest absolute Gasteiger partial charge is 0.327 e. The van der Waals surface area contributed by atoms with E-state index in [9.17, 15) is 0 Å². The van der Waals surface area contributed by atoms with Crippen LogP contribution in [0.25, 0.3) is 0 Å². The Hall–Kier alpha value is -0.0800. The second-order valence-electron chi connectivity index (χ2n) is 6.39.